The summed E-state index contributed by atoms with van der Waals surface area (Å²) in [6, 6.07) is 1.18. The smallest absolute Gasteiger partial charge is 0.188 e. The Kier molecular flexibility index (Phi) is 8.67. The Morgan fingerprint density at radius 1 is 1.35 bits per heavy atom. The van der Waals surface area contributed by atoms with Gasteiger partial charge < -0.3 is 11.1 Å². The number of nitrogens with two attached hydrogens (primary N) is 1. The number of aliphatic imine (C=N–C) groups is 1. The number of guanidine groups is 1. The number of piperidine rings is 1. The predicted octanol–water partition coefficient (Wildman–Crippen LogP) is 2.73. The second-order valence-electron chi connectivity index (χ2n) is 6.15. The van der Waals surface area contributed by atoms with E-state index in [2.05, 4.69) is 36.0 Å². The van der Waals surface area contributed by atoms with Gasteiger partial charge in [-0.1, -0.05) is 32.6 Å². The summed E-state index contributed by atoms with van der Waals surface area (Å²) in [5, 5.41) is 3.22. The number of nitrogens with one attached hydrogen (secondary N) is 1. The van der Waals surface area contributed by atoms with E-state index in [0.717, 1.165) is 13.1 Å². The third-order valence-electron chi connectivity index (χ3n) is 4.28. The van der Waals surface area contributed by atoms with Crippen molar-refractivity contribution in [2.24, 2.45) is 10.7 Å². The molecule has 0 amide bonds. The Labute approximate surface area is 125 Å². The third-order valence-corrected chi connectivity index (χ3v) is 4.28. The molecule has 0 aromatic carbocycles. The minimum atomic E-state index is 0.491. The number of unbranched alkanes of at least 4 members (excludes halogenated alkanes) is 3. The highest BCUT2D eigenvalue weighted by Gasteiger charge is 2.22. The van der Waals surface area contributed by atoms with Crippen LogP contribution in [0, 0.1) is 0 Å². The van der Waals surface area contributed by atoms with Crippen LogP contribution in [0.5, 0.6) is 0 Å². The van der Waals surface area contributed by atoms with Gasteiger partial charge in [0.05, 0.1) is 6.54 Å². The van der Waals surface area contributed by atoms with Gasteiger partial charge in [0, 0.05) is 18.6 Å². The molecule has 0 saturated carbocycles. The van der Waals surface area contributed by atoms with E-state index in [0.29, 0.717) is 18.0 Å². The van der Waals surface area contributed by atoms with Crippen molar-refractivity contribution in [3.8, 4) is 0 Å². The fourth-order valence-corrected chi connectivity index (χ4v) is 2.93. The van der Waals surface area contributed by atoms with Crippen molar-refractivity contribution < 1.29 is 0 Å². The van der Waals surface area contributed by atoms with E-state index in [9.17, 15) is 0 Å². The number of rotatable bonds is 8. The van der Waals surface area contributed by atoms with Crippen LogP contribution >= 0.6 is 0 Å². The molecule has 0 bridgehead atoms. The maximum absolute atomic E-state index is 5.92. The molecule has 118 valence electrons. The van der Waals surface area contributed by atoms with Crippen molar-refractivity contribution in [3.63, 3.8) is 0 Å². The van der Waals surface area contributed by atoms with Gasteiger partial charge in [-0.15, -0.1) is 0 Å². The zero-order chi connectivity index (χ0) is 14.8. The summed E-state index contributed by atoms with van der Waals surface area (Å²) in [4.78, 5) is 7.06. The van der Waals surface area contributed by atoms with Crippen molar-refractivity contribution in [2.75, 3.05) is 19.6 Å². The Hall–Kier alpha value is -0.770. The minimum absolute atomic E-state index is 0.491. The lowest BCUT2D eigenvalue weighted by atomic mass is 10.0. The van der Waals surface area contributed by atoms with Crippen LogP contribution in [0.3, 0.4) is 0 Å². The van der Waals surface area contributed by atoms with Crippen LogP contribution < -0.4 is 11.1 Å². The molecule has 0 aromatic rings. The van der Waals surface area contributed by atoms with Gasteiger partial charge in [0.25, 0.3) is 0 Å². The standard InChI is InChI=1S/C16H34N4/c1-4-5-6-8-11-18-16(17)19-13-15(3)20-12-9-7-10-14(20)2/h14-15H,4-13H2,1-3H3,(H3,17,18,19). The highest BCUT2D eigenvalue weighted by Crippen LogP contribution is 2.18. The first kappa shape index (κ1) is 17.3. The Morgan fingerprint density at radius 2 is 2.15 bits per heavy atom. The molecule has 0 spiro atoms. The lowest BCUT2D eigenvalue weighted by Gasteiger charge is -2.37. The molecule has 1 rings (SSSR count). The van der Waals surface area contributed by atoms with Gasteiger partial charge in [-0.2, -0.15) is 0 Å². The second-order valence-corrected chi connectivity index (χ2v) is 6.15. The van der Waals surface area contributed by atoms with E-state index >= 15 is 0 Å². The Bertz CT molecular complexity index is 278. The average Bonchev–Trinajstić information content (AvgIpc) is 2.45. The summed E-state index contributed by atoms with van der Waals surface area (Å²) < 4.78 is 0. The summed E-state index contributed by atoms with van der Waals surface area (Å²) in [6.07, 6.45) is 9.05. The first-order valence-corrected chi connectivity index (χ1v) is 8.44. The molecule has 0 aromatic heterocycles. The lowest BCUT2D eigenvalue weighted by Crippen LogP contribution is -2.45. The van der Waals surface area contributed by atoms with E-state index in [4.69, 9.17) is 5.73 Å². The molecule has 4 nitrogen and oxygen atoms in total. The molecule has 4 heteroatoms. The topological polar surface area (TPSA) is 53.6 Å². The summed E-state index contributed by atoms with van der Waals surface area (Å²) in [6.45, 7) is 9.78. The highest BCUT2D eigenvalue weighted by atomic mass is 15.2. The molecule has 1 aliphatic rings. The van der Waals surface area contributed by atoms with Gasteiger partial charge in [-0.3, -0.25) is 9.89 Å². The fourth-order valence-electron chi connectivity index (χ4n) is 2.93. The lowest BCUT2D eigenvalue weighted by molar-refractivity contribution is 0.118. The van der Waals surface area contributed by atoms with Crippen molar-refractivity contribution in [2.45, 2.75) is 77.8 Å². The summed E-state index contributed by atoms with van der Waals surface area (Å²) in [7, 11) is 0. The van der Waals surface area contributed by atoms with Gasteiger partial charge >= 0.3 is 0 Å². The molecule has 20 heavy (non-hydrogen) atoms. The molecule has 2 atom stereocenters. The molecule has 1 heterocycles. The molecule has 1 fully saturated rings. The van der Waals surface area contributed by atoms with E-state index in [-0.39, 0.29) is 0 Å². The average molecular weight is 282 g/mol. The predicted molar refractivity (Wildman–Crippen MR) is 88.1 cm³/mol. The maximum Gasteiger partial charge on any atom is 0.188 e. The zero-order valence-electron chi connectivity index (χ0n) is 13.7. The number of hydrogen-bond donors (Lipinski definition) is 2. The van der Waals surface area contributed by atoms with Crippen LogP contribution in [-0.2, 0) is 0 Å². The van der Waals surface area contributed by atoms with Crippen molar-refractivity contribution in [1.29, 1.82) is 0 Å². The molecule has 2 unspecified atom stereocenters. The Morgan fingerprint density at radius 3 is 2.85 bits per heavy atom. The van der Waals surface area contributed by atoms with Gasteiger partial charge in [-0.25, -0.2) is 0 Å². The Balaban J connectivity index is 2.20. The van der Waals surface area contributed by atoms with Gasteiger partial charge in [0.1, 0.15) is 0 Å². The van der Waals surface area contributed by atoms with Gasteiger partial charge in [-0.05, 0) is 39.7 Å². The van der Waals surface area contributed by atoms with Crippen LogP contribution in [0.25, 0.3) is 0 Å². The highest BCUT2D eigenvalue weighted by molar-refractivity contribution is 5.77. The van der Waals surface area contributed by atoms with Crippen molar-refractivity contribution >= 4 is 5.96 Å². The van der Waals surface area contributed by atoms with E-state index < -0.39 is 0 Å². The first-order chi connectivity index (χ1) is 9.65. The second kappa shape index (κ2) is 10.0. The molecule has 0 aliphatic carbocycles. The number of hydrogen-bond acceptors (Lipinski definition) is 2. The van der Waals surface area contributed by atoms with Crippen LogP contribution in [0.2, 0.25) is 0 Å². The van der Waals surface area contributed by atoms with Gasteiger partial charge in [0.15, 0.2) is 5.96 Å². The normalized spacial score (nSPS) is 22.8. The largest absolute Gasteiger partial charge is 0.370 e. The van der Waals surface area contributed by atoms with Crippen LogP contribution in [-0.4, -0.2) is 42.6 Å². The van der Waals surface area contributed by atoms with Crippen molar-refractivity contribution in [1.82, 2.24) is 10.2 Å². The molecule has 1 saturated heterocycles. The van der Waals surface area contributed by atoms with E-state index in [1.165, 1.54) is 51.5 Å². The third kappa shape index (κ3) is 6.60. The zero-order valence-corrected chi connectivity index (χ0v) is 13.7. The summed E-state index contributed by atoms with van der Waals surface area (Å²) in [5.41, 5.74) is 5.92. The molecular weight excluding hydrogens is 248 g/mol. The molecule has 0 radical (unpaired) electrons. The van der Waals surface area contributed by atoms with Crippen LogP contribution in [0.4, 0.5) is 0 Å². The van der Waals surface area contributed by atoms with E-state index in [1.807, 2.05) is 0 Å². The summed E-state index contributed by atoms with van der Waals surface area (Å²) in [5.74, 6) is 0.609. The fraction of sp³-hybridized carbons (Fsp3) is 0.938. The molecule has 1 aliphatic heterocycles. The maximum atomic E-state index is 5.92. The van der Waals surface area contributed by atoms with Crippen LogP contribution in [0.15, 0.2) is 4.99 Å². The monoisotopic (exact) mass is 282 g/mol. The van der Waals surface area contributed by atoms with Crippen LogP contribution in [0.1, 0.15) is 65.7 Å². The quantitative estimate of drug-likeness (QED) is 0.409. The SMILES string of the molecule is CCCCCCNC(N)=NCC(C)N1CCCCC1C. The number of nitrogens with zero attached hydrogens (tertiary/aromatic N) is 2. The molecular formula is C16H34N4. The number of likely N-dealkylation sites (tertiary alicyclic amines) is 1. The van der Waals surface area contributed by atoms with Gasteiger partial charge in [0.2, 0.25) is 0 Å². The summed E-state index contributed by atoms with van der Waals surface area (Å²) >= 11 is 0. The van der Waals surface area contributed by atoms with E-state index in [1.54, 1.807) is 0 Å². The van der Waals surface area contributed by atoms with Crippen molar-refractivity contribution in [3.05, 3.63) is 0 Å². The molecule has 3 N–H and O–H groups in total. The minimum Gasteiger partial charge on any atom is -0.370 e. The first-order valence-electron chi connectivity index (χ1n) is 8.44.